The van der Waals surface area contributed by atoms with Gasteiger partial charge >= 0.3 is 0 Å². The third-order valence-electron chi connectivity index (χ3n) is 10.7. The van der Waals surface area contributed by atoms with Crippen LogP contribution in [0.2, 0.25) is 0 Å². The van der Waals surface area contributed by atoms with Crippen molar-refractivity contribution < 1.29 is 5.11 Å². The molecular formula is C27H43Cl3O. The van der Waals surface area contributed by atoms with Gasteiger partial charge in [0.25, 0.3) is 0 Å². The molecular weight excluding hydrogens is 447 g/mol. The highest BCUT2D eigenvalue weighted by molar-refractivity contribution is 6.67. The summed E-state index contributed by atoms with van der Waals surface area (Å²) >= 11 is 18.3. The van der Waals surface area contributed by atoms with E-state index in [-0.39, 0.29) is 12.0 Å². The zero-order valence-electron chi connectivity index (χ0n) is 20.0. The van der Waals surface area contributed by atoms with Gasteiger partial charge in [-0.1, -0.05) is 87.0 Å². The van der Waals surface area contributed by atoms with Crippen LogP contribution in [0.5, 0.6) is 0 Å². The summed E-state index contributed by atoms with van der Waals surface area (Å²) in [6.45, 7) is 9.72. The average Bonchev–Trinajstić information content (AvgIpc) is 3.05. The molecule has 1 unspecified atom stereocenters. The van der Waals surface area contributed by atoms with Crippen molar-refractivity contribution >= 4 is 34.8 Å². The third kappa shape index (κ3) is 4.49. The largest absolute Gasteiger partial charge is 0.393 e. The number of hydrogen-bond donors (Lipinski definition) is 1. The van der Waals surface area contributed by atoms with Gasteiger partial charge in [-0.25, -0.2) is 0 Å². The highest BCUT2D eigenvalue weighted by atomic mass is 35.6. The van der Waals surface area contributed by atoms with Crippen LogP contribution in [0.4, 0.5) is 0 Å². The van der Waals surface area contributed by atoms with Crippen molar-refractivity contribution in [2.24, 2.45) is 46.3 Å². The molecule has 0 saturated heterocycles. The molecule has 3 saturated carbocycles. The number of halogens is 3. The van der Waals surface area contributed by atoms with E-state index in [0.29, 0.717) is 10.8 Å². The van der Waals surface area contributed by atoms with Crippen LogP contribution in [-0.2, 0) is 0 Å². The van der Waals surface area contributed by atoms with Gasteiger partial charge in [-0.05, 0) is 98.2 Å². The van der Waals surface area contributed by atoms with Crippen LogP contribution in [0.3, 0.4) is 0 Å². The van der Waals surface area contributed by atoms with Gasteiger partial charge in [0, 0.05) is 5.92 Å². The maximum absolute atomic E-state index is 10.2. The second kappa shape index (κ2) is 8.98. The molecule has 178 valence electrons. The van der Waals surface area contributed by atoms with Crippen LogP contribution in [0, 0.1) is 46.3 Å². The van der Waals surface area contributed by atoms with Crippen LogP contribution in [0.15, 0.2) is 11.6 Å². The number of aliphatic hydroxyl groups is 1. The lowest BCUT2D eigenvalue weighted by Gasteiger charge is -2.58. The highest BCUT2D eigenvalue weighted by Gasteiger charge is 2.59. The Bertz CT molecular complexity index is 684. The fourth-order valence-corrected chi connectivity index (χ4v) is 9.06. The van der Waals surface area contributed by atoms with Crippen molar-refractivity contribution in [2.45, 2.75) is 108 Å². The first kappa shape index (κ1) is 24.7. The minimum atomic E-state index is -1.13. The first-order valence-electron chi connectivity index (χ1n) is 12.9. The lowest BCUT2D eigenvalue weighted by Crippen LogP contribution is -2.50. The van der Waals surface area contributed by atoms with E-state index in [2.05, 4.69) is 33.8 Å². The Balaban J connectivity index is 1.42. The van der Waals surface area contributed by atoms with Crippen LogP contribution in [0.25, 0.3) is 0 Å². The Morgan fingerprint density at radius 3 is 2.48 bits per heavy atom. The number of fused-ring (bicyclic) bond motifs is 5. The quantitative estimate of drug-likeness (QED) is 0.302. The van der Waals surface area contributed by atoms with E-state index >= 15 is 0 Å². The summed E-state index contributed by atoms with van der Waals surface area (Å²) in [5, 5.41) is 10.2. The molecule has 0 aromatic heterocycles. The van der Waals surface area contributed by atoms with E-state index in [1.54, 1.807) is 5.57 Å². The van der Waals surface area contributed by atoms with Gasteiger partial charge in [-0.2, -0.15) is 0 Å². The van der Waals surface area contributed by atoms with Gasteiger partial charge in [-0.3, -0.25) is 0 Å². The Hall–Kier alpha value is 0.570. The van der Waals surface area contributed by atoms with E-state index < -0.39 is 3.79 Å². The van der Waals surface area contributed by atoms with Gasteiger partial charge in [0.1, 0.15) is 0 Å². The van der Waals surface area contributed by atoms with Crippen molar-refractivity contribution in [1.82, 2.24) is 0 Å². The highest BCUT2D eigenvalue weighted by Crippen LogP contribution is 2.67. The first-order valence-corrected chi connectivity index (χ1v) is 14.0. The molecule has 31 heavy (non-hydrogen) atoms. The topological polar surface area (TPSA) is 20.2 Å². The molecule has 0 aromatic rings. The number of allylic oxidation sites excluding steroid dienone is 1. The van der Waals surface area contributed by atoms with Crippen molar-refractivity contribution in [3.63, 3.8) is 0 Å². The fourth-order valence-electron chi connectivity index (χ4n) is 8.73. The Kier molecular flexibility index (Phi) is 7.15. The standard InChI is InChI=1S/C27H43Cl3O/c1-17(6-5-7-18(2)27(28,29)30)22-10-11-23-21-9-8-19-16-20(31)12-14-25(19,3)24(21)13-15-26(22,23)4/h8,17-18,20-24,31H,5-7,9-16H2,1-4H3/t17-,18?,20+,21+,22-,23+,24+,25+,26-/m1/s1. The van der Waals surface area contributed by atoms with Crippen molar-refractivity contribution in [3.8, 4) is 0 Å². The maximum Gasteiger partial charge on any atom is 0.193 e. The van der Waals surface area contributed by atoms with E-state index in [0.717, 1.165) is 55.3 Å². The van der Waals surface area contributed by atoms with Crippen molar-refractivity contribution in [2.75, 3.05) is 0 Å². The van der Waals surface area contributed by atoms with Gasteiger partial charge < -0.3 is 5.11 Å². The summed E-state index contributed by atoms with van der Waals surface area (Å²) in [6.07, 6.45) is 15.8. The molecule has 4 rings (SSSR count). The Labute approximate surface area is 205 Å². The maximum atomic E-state index is 10.2. The lowest BCUT2D eigenvalue weighted by molar-refractivity contribution is -0.0573. The average molecular weight is 490 g/mol. The molecule has 1 nitrogen and oxygen atoms in total. The zero-order valence-corrected chi connectivity index (χ0v) is 22.2. The summed E-state index contributed by atoms with van der Waals surface area (Å²) in [6, 6.07) is 0. The number of alkyl halides is 3. The number of rotatable bonds is 5. The monoisotopic (exact) mass is 488 g/mol. The molecule has 1 N–H and O–H groups in total. The third-order valence-corrected chi connectivity index (χ3v) is 11.8. The molecule has 3 fully saturated rings. The predicted octanol–water partition coefficient (Wildman–Crippen LogP) is 8.74. The van der Waals surface area contributed by atoms with Gasteiger partial charge in [0.2, 0.25) is 0 Å². The molecule has 4 aliphatic carbocycles. The number of hydrogen-bond acceptors (Lipinski definition) is 1. The predicted molar refractivity (Wildman–Crippen MR) is 134 cm³/mol. The smallest absolute Gasteiger partial charge is 0.193 e. The molecule has 0 aliphatic heterocycles. The zero-order chi connectivity index (χ0) is 22.6. The van der Waals surface area contributed by atoms with Crippen LogP contribution >= 0.6 is 34.8 Å². The SMILES string of the molecule is CC(CCC[C@@H](C)[C@H]1CC[C@H]2[C@@H]3CC=C4C[C@@H](O)CC[C@]4(C)[C@H]3CC[C@]12C)C(Cl)(Cl)Cl. The summed E-state index contributed by atoms with van der Waals surface area (Å²) in [5.41, 5.74) is 2.43. The molecule has 9 atom stereocenters. The second-order valence-corrected chi connectivity index (χ2v) is 14.6. The fraction of sp³-hybridized carbons (Fsp3) is 0.926. The normalized spacial score (nSPS) is 44.6. The first-order chi connectivity index (χ1) is 14.5. The molecule has 4 aliphatic rings. The number of aliphatic hydroxyl groups excluding tert-OH is 1. The Morgan fingerprint density at radius 2 is 1.77 bits per heavy atom. The molecule has 0 aromatic carbocycles. The van der Waals surface area contributed by atoms with Gasteiger partial charge in [0.15, 0.2) is 3.79 Å². The van der Waals surface area contributed by atoms with Crippen LogP contribution in [0.1, 0.15) is 98.3 Å². The van der Waals surface area contributed by atoms with Crippen LogP contribution in [-0.4, -0.2) is 15.0 Å². The van der Waals surface area contributed by atoms with Crippen molar-refractivity contribution in [1.29, 1.82) is 0 Å². The molecule has 0 amide bonds. The van der Waals surface area contributed by atoms with E-state index in [1.807, 2.05) is 0 Å². The second-order valence-electron chi connectivity index (χ2n) is 12.2. The van der Waals surface area contributed by atoms with E-state index in [9.17, 15) is 5.11 Å². The Morgan fingerprint density at radius 1 is 1.03 bits per heavy atom. The lowest BCUT2D eigenvalue weighted by atomic mass is 9.47. The molecule has 0 bridgehead atoms. The molecule has 4 heteroatoms. The van der Waals surface area contributed by atoms with E-state index in [1.165, 1.54) is 44.9 Å². The summed E-state index contributed by atoms with van der Waals surface area (Å²) in [4.78, 5) is 0. The summed E-state index contributed by atoms with van der Waals surface area (Å²) in [5.74, 6) is 4.27. The van der Waals surface area contributed by atoms with Crippen molar-refractivity contribution in [3.05, 3.63) is 11.6 Å². The van der Waals surface area contributed by atoms with Crippen LogP contribution < -0.4 is 0 Å². The minimum absolute atomic E-state index is 0.106. The molecule has 0 spiro atoms. The van der Waals surface area contributed by atoms with E-state index in [4.69, 9.17) is 34.8 Å². The summed E-state index contributed by atoms with van der Waals surface area (Å²) < 4.78 is -1.13. The molecule has 0 heterocycles. The van der Waals surface area contributed by atoms with Gasteiger partial charge in [0.05, 0.1) is 6.10 Å². The minimum Gasteiger partial charge on any atom is -0.393 e. The molecule has 0 radical (unpaired) electrons. The van der Waals surface area contributed by atoms with Gasteiger partial charge in [-0.15, -0.1) is 0 Å². The summed E-state index contributed by atoms with van der Waals surface area (Å²) in [7, 11) is 0.